The van der Waals surface area contributed by atoms with E-state index in [-0.39, 0.29) is 25.2 Å². The number of aliphatic hydroxyl groups excluding tert-OH is 1. The van der Waals surface area contributed by atoms with Gasteiger partial charge in [0.15, 0.2) is 5.78 Å². The minimum absolute atomic E-state index is 0.0128. The molecule has 0 bridgehead atoms. The van der Waals surface area contributed by atoms with Crippen LogP contribution in [0.15, 0.2) is 72.8 Å². The number of carboxylic acids is 1. The molecule has 3 aromatic rings. The number of Topliss-reactive ketones (excluding diaryl/α,β-unsaturated/α-hetero) is 1. The van der Waals surface area contributed by atoms with Gasteiger partial charge in [0.25, 0.3) is 11.8 Å². The highest BCUT2D eigenvalue weighted by Gasteiger charge is 2.36. The van der Waals surface area contributed by atoms with Crippen molar-refractivity contribution in [2.75, 3.05) is 6.54 Å². The SMILES string of the molecule is CC(=O)c1ccc(-c2ccc(CCC(O)C(CCN3C(=O)c4ccccc4C3=O)C(=O)O)cc2)cc1. The Morgan fingerprint density at radius 3 is 1.83 bits per heavy atom. The predicted molar refractivity (Wildman–Crippen MR) is 134 cm³/mol. The van der Waals surface area contributed by atoms with Gasteiger partial charge in [-0.25, -0.2) is 0 Å². The van der Waals surface area contributed by atoms with Crippen LogP contribution in [0, 0.1) is 5.92 Å². The Balaban J connectivity index is 1.34. The average Bonchev–Trinajstić information content (AvgIpc) is 3.12. The van der Waals surface area contributed by atoms with Crippen LogP contribution in [0.1, 0.15) is 56.4 Å². The van der Waals surface area contributed by atoms with Crippen LogP contribution in [-0.2, 0) is 11.2 Å². The maximum atomic E-state index is 12.5. The van der Waals surface area contributed by atoms with E-state index in [1.807, 2.05) is 36.4 Å². The molecule has 0 saturated heterocycles. The van der Waals surface area contributed by atoms with Gasteiger partial charge in [-0.15, -0.1) is 0 Å². The van der Waals surface area contributed by atoms with Crippen molar-refractivity contribution in [3.05, 3.63) is 95.1 Å². The molecule has 0 fully saturated rings. The summed E-state index contributed by atoms with van der Waals surface area (Å²) >= 11 is 0. The highest BCUT2D eigenvalue weighted by molar-refractivity contribution is 6.21. The summed E-state index contributed by atoms with van der Waals surface area (Å²) in [5.41, 5.74) is 4.19. The fraction of sp³-hybridized carbons (Fsp3) is 0.241. The Morgan fingerprint density at radius 2 is 1.33 bits per heavy atom. The number of ketones is 1. The molecule has 2 unspecified atom stereocenters. The number of carbonyl (C=O) groups excluding carboxylic acids is 3. The molecular weight excluding hydrogens is 458 g/mol. The summed E-state index contributed by atoms with van der Waals surface area (Å²) in [4.78, 5) is 49.4. The van der Waals surface area contributed by atoms with Gasteiger partial charge in [-0.3, -0.25) is 24.1 Å². The highest BCUT2D eigenvalue weighted by atomic mass is 16.4. The minimum Gasteiger partial charge on any atom is -0.481 e. The van der Waals surface area contributed by atoms with Crippen LogP contribution in [0.2, 0.25) is 0 Å². The molecule has 0 radical (unpaired) electrons. The van der Waals surface area contributed by atoms with E-state index >= 15 is 0 Å². The van der Waals surface area contributed by atoms with Crippen LogP contribution in [0.5, 0.6) is 0 Å². The predicted octanol–water partition coefficient (Wildman–Crippen LogP) is 4.24. The number of carboxylic acid groups (broad SMARTS) is 1. The lowest BCUT2D eigenvalue weighted by Gasteiger charge is -2.22. The lowest BCUT2D eigenvalue weighted by atomic mass is 9.93. The monoisotopic (exact) mass is 485 g/mol. The molecule has 1 heterocycles. The van der Waals surface area contributed by atoms with Crippen molar-refractivity contribution in [2.45, 2.75) is 32.3 Å². The summed E-state index contributed by atoms with van der Waals surface area (Å²) in [7, 11) is 0. The summed E-state index contributed by atoms with van der Waals surface area (Å²) in [6.45, 7) is 1.45. The van der Waals surface area contributed by atoms with E-state index in [2.05, 4.69) is 0 Å². The lowest BCUT2D eigenvalue weighted by Crippen LogP contribution is -2.36. The second-order valence-corrected chi connectivity index (χ2v) is 8.98. The van der Waals surface area contributed by atoms with E-state index in [0.717, 1.165) is 21.6 Å². The van der Waals surface area contributed by atoms with E-state index < -0.39 is 29.8 Å². The minimum atomic E-state index is -1.16. The van der Waals surface area contributed by atoms with Crippen molar-refractivity contribution < 1.29 is 29.4 Å². The summed E-state index contributed by atoms with van der Waals surface area (Å²) < 4.78 is 0. The summed E-state index contributed by atoms with van der Waals surface area (Å²) in [6.07, 6.45) is -0.457. The second-order valence-electron chi connectivity index (χ2n) is 8.98. The molecule has 2 atom stereocenters. The zero-order chi connectivity index (χ0) is 25.8. The van der Waals surface area contributed by atoms with Crippen molar-refractivity contribution in [3.8, 4) is 11.1 Å². The number of hydrogen-bond acceptors (Lipinski definition) is 5. The molecule has 4 rings (SSSR count). The lowest BCUT2D eigenvalue weighted by molar-refractivity contribution is -0.146. The van der Waals surface area contributed by atoms with Crippen LogP contribution < -0.4 is 0 Å². The van der Waals surface area contributed by atoms with Gasteiger partial charge in [-0.1, -0.05) is 60.7 Å². The molecule has 7 heteroatoms. The fourth-order valence-corrected chi connectivity index (χ4v) is 4.47. The van der Waals surface area contributed by atoms with E-state index in [0.29, 0.717) is 23.1 Å². The number of imide groups is 1. The zero-order valence-corrected chi connectivity index (χ0v) is 19.9. The molecule has 3 aromatic carbocycles. The first-order chi connectivity index (χ1) is 17.3. The first-order valence-corrected chi connectivity index (χ1v) is 11.8. The van der Waals surface area contributed by atoms with Crippen molar-refractivity contribution >= 4 is 23.6 Å². The third-order valence-corrected chi connectivity index (χ3v) is 6.63. The number of aryl methyl sites for hydroxylation is 1. The largest absolute Gasteiger partial charge is 0.481 e. The number of nitrogens with zero attached hydrogens (tertiary/aromatic N) is 1. The Hall–Kier alpha value is -4.10. The second kappa shape index (κ2) is 10.7. The van der Waals surface area contributed by atoms with Gasteiger partial charge in [0.05, 0.1) is 23.1 Å². The van der Waals surface area contributed by atoms with E-state index in [9.17, 15) is 29.4 Å². The first-order valence-electron chi connectivity index (χ1n) is 11.8. The number of hydrogen-bond donors (Lipinski definition) is 2. The number of amides is 2. The van der Waals surface area contributed by atoms with Crippen LogP contribution in [-0.4, -0.2) is 51.3 Å². The number of carbonyl (C=O) groups is 4. The van der Waals surface area contributed by atoms with Crippen molar-refractivity contribution in [3.63, 3.8) is 0 Å². The number of fused-ring (bicyclic) bond motifs is 1. The Kier molecular flexibility index (Phi) is 7.41. The molecule has 184 valence electrons. The van der Waals surface area contributed by atoms with Gasteiger partial charge < -0.3 is 10.2 Å². The van der Waals surface area contributed by atoms with Gasteiger partial charge in [-0.2, -0.15) is 0 Å². The molecule has 7 nitrogen and oxygen atoms in total. The third-order valence-electron chi connectivity index (χ3n) is 6.63. The molecule has 0 aromatic heterocycles. The smallest absolute Gasteiger partial charge is 0.309 e. The summed E-state index contributed by atoms with van der Waals surface area (Å²) in [5, 5.41) is 20.3. The number of aliphatic carboxylic acids is 1. The molecule has 0 saturated carbocycles. The van der Waals surface area contributed by atoms with Gasteiger partial charge in [0.1, 0.15) is 0 Å². The van der Waals surface area contributed by atoms with Crippen LogP contribution in [0.25, 0.3) is 11.1 Å². The molecule has 0 spiro atoms. The molecule has 0 aliphatic carbocycles. The number of benzene rings is 3. The first kappa shape index (κ1) is 25.0. The zero-order valence-electron chi connectivity index (χ0n) is 19.9. The fourth-order valence-electron chi connectivity index (χ4n) is 4.47. The van der Waals surface area contributed by atoms with E-state index in [1.54, 1.807) is 36.4 Å². The molecular formula is C29H27NO6. The Labute approximate surface area is 209 Å². The van der Waals surface area contributed by atoms with Crippen LogP contribution in [0.3, 0.4) is 0 Å². The van der Waals surface area contributed by atoms with Gasteiger partial charge in [0.2, 0.25) is 0 Å². The van der Waals surface area contributed by atoms with E-state index in [4.69, 9.17) is 0 Å². The maximum absolute atomic E-state index is 12.5. The quantitative estimate of drug-likeness (QED) is 0.328. The molecule has 1 aliphatic rings. The average molecular weight is 486 g/mol. The normalized spacial score (nSPS) is 14.4. The Morgan fingerprint density at radius 1 is 0.806 bits per heavy atom. The van der Waals surface area contributed by atoms with Gasteiger partial charge in [0, 0.05) is 12.1 Å². The van der Waals surface area contributed by atoms with Crippen LogP contribution >= 0.6 is 0 Å². The van der Waals surface area contributed by atoms with Gasteiger partial charge >= 0.3 is 5.97 Å². The Bertz CT molecular complexity index is 1260. The standard InChI is InChI=1S/C29H27NO6/c1-18(31)20-11-13-22(14-12-20)21-9-6-19(7-10-21)8-15-26(32)25(29(35)36)16-17-30-27(33)23-4-2-3-5-24(23)28(30)34/h2-7,9-14,25-26,32H,8,15-17H2,1H3,(H,35,36). The summed E-state index contributed by atoms with van der Waals surface area (Å²) in [6, 6.07) is 21.6. The van der Waals surface area contributed by atoms with Crippen LogP contribution in [0.4, 0.5) is 0 Å². The van der Waals surface area contributed by atoms with Crippen molar-refractivity contribution in [1.82, 2.24) is 4.90 Å². The van der Waals surface area contributed by atoms with Gasteiger partial charge in [-0.05, 0) is 55.0 Å². The van der Waals surface area contributed by atoms with Crippen molar-refractivity contribution in [2.24, 2.45) is 5.92 Å². The highest BCUT2D eigenvalue weighted by Crippen LogP contribution is 2.25. The summed E-state index contributed by atoms with van der Waals surface area (Å²) in [5.74, 6) is -3.13. The molecule has 36 heavy (non-hydrogen) atoms. The van der Waals surface area contributed by atoms with E-state index in [1.165, 1.54) is 6.92 Å². The maximum Gasteiger partial charge on any atom is 0.309 e. The molecule has 2 amide bonds. The molecule has 2 N–H and O–H groups in total. The number of aliphatic hydroxyl groups is 1. The third kappa shape index (κ3) is 5.26. The van der Waals surface area contributed by atoms with Crippen molar-refractivity contribution in [1.29, 1.82) is 0 Å². The molecule has 1 aliphatic heterocycles. The topological polar surface area (TPSA) is 112 Å². The number of rotatable bonds is 10.